The maximum atomic E-state index is 3.36. The molecule has 4 N–H and O–H groups in total. The number of likely N-dealkylation sites (N-methyl/N-ethyl adjacent to an activating group) is 3. The summed E-state index contributed by atoms with van der Waals surface area (Å²) >= 11 is 0. The average molecular weight is 190 g/mol. The van der Waals surface area contributed by atoms with Gasteiger partial charge < -0.3 is 10.3 Å². The van der Waals surface area contributed by atoms with Gasteiger partial charge in [0.05, 0.1) is 15.9 Å². The molecule has 0 aromatic heterocycles. The molecule has 0 unspecified atom stereocenters. The van der Waals surface area contributed by atoms with Crippen molar-refractivity contribution in [1.29, 1.82) is 0 Å². The van der Waals surface area contributed by atoms with E-state index in [4.69, 9.17) is 0 Å². The summed E-state index contributed by atoms with van der Waals surface area (Å²) < 4.78 is 0. The third-order valence-electron chi connectivity index (χ3n) is 2.69. The van der Waals surface area contributed by atoms with Crippen LogP contribution in [0.2, 0.25) is 0 Å². The molecule has 0 rings (SSSR count). The van der Waals surface area contributed by atoms with Gasteiger partial charge in [-0.2, -0.15) is 0 Å². The van der Waals surface area contributed by atoms with Crippen molar-refractivity contribution in [3.63, 3.8) is 0 Å². The molecule has 0 radical (unpaired) electrons. The topological polar surface area (TPSA) is 48.1 Å². The Balaban J connectivity index is 4.69. The quantitative estimate of drug-likeness (QED) is 0.298. The zero-order valence-electron chi connectivity index (χ0n) is 9.00. The van der Waals surface area contributed by atoms with Crippen LogP contribution in [0, 0.1) is 0 Å². The minimum Gasteiger partial charge on any atom is -0.315 e. The van der Waals surface area contributed by atoms with Crippen LogP contribution in [0.1, 0.15) is 13.8 Å². The van der Waals surface area contributed by atoms with E-state index in [1.807, 2.05) is 21.1 Å². The summed E-state index contributed by atoms with van der Waals surface area (Å²) in [6.45, 7) is 4.29. The molecule has 0 heterocycles. The lowest BCUT2D eigenvalue weighted by molar-refractivity contribution is 0.130. The van der Waals surface area contributed by atoms with Gasteiger partial charge in [-0.15, -0.1) is 0 Å². The molecule has 0 aromatic carbocycles. The number of hydrogen-bond donors (Lipinski definition) is 4. The standard InChI is InChI=1S/C7H22N4Si/c1-6(2,8-3)7(9-4,10-5)11-12/h8-11H,1-5,12H3. The summed E-state index contributed by atoms with van der Waals surface area (Å²) in [6, 6.07) is 0. The largest absolute Gasteiger partial charge is 0.315 e. The Morgan fingerprint density at radius 3 is 1.42 bits per heavy atom. The first-order chi connectivity index (χ1) is 5.49. The van der Waals surface area contributed by atoms with Gasteiger partial charge in [-0.1, -0.05) is 0 Å². The van der Waals surface area contributed by atoms with Crippen LogP contribution in [0.5, 0.6) is 0 Å². The third kappa shape index (κ3) is 1.86. The second-order valence-electron chi connectivity index (χ2n) is 3.38. The monoisotopic (exact) mass is 190 g/mol. The van der Waals surface area contributed by atoms with Crippen LogP contribution in [0.3, 0.4) is 0 Å². The van der Waals surface area contributed by atoms with E-state index in [1.54, 1.807) is 0 Å². The lowest BCUT2D eigenvalue weighted by atomic mass is 9.96. The zero-order chi connectivity index (χ0) is 9.83. The van der Waals surface area contributed by atoms with E-state index in [0.717, 1.165) is 10.4 Å². The van der Waals surface area contributed by atoms with Gasteiger partial charge in [-0.3, -0.25) is 10.6 Å². The highest BCUT2D eigenvalue weighted by Crippen LogP contribution is 2.13. The molecule has 0 amide bonds. The van der Waals surface area contributed by atoms with E-state index < -0.39 is 0 Å². The smallest absolute Gasteiger partial charge is 0.134 e. The lowest BCUT2D eigenvalue weighted by Crippen LogP contribution is -2.78. The van der Waals surface area contributed by atoms with Crippen molar-refractivity contribution in [1.82, 2.24) is 20.9 Å². The van der Waals surface area contributed by atoms with Crippen molar-refractivity contribution < 1.29 is 0 Å². The fourth-order valence-electron chi connectivity index (χ4n) is 1.50. The second-order valence-corrected chi connectivity index (χ2v) is 3.88. The lowest BCUT2D eigenvalue weighted by Gasteiger charge is -2.46. The van der Waals surface area contributed by atoms with E-state index in [9.17, 15) is 0 Å². The first-order valence-electron chi connectivity index (χ1n) is 4.25. The number of hydrogen-bond acceptors (Lipinski definition) is 4. The van der Waals surface area contributed by atoms with Crippen molar-refractivity contribution in [2.45, 2.75) is 25.2 Å². The van der Waals surface area contributed by atoms with Gasteiger partial charge in [0.1, 0.15) is 5.79 Å². The summed E-state index contributed by atoms with van der Waals surface area (Å²) in [7, 11) is 6.79. The Morgan fingerprint density at radius 2 is 1.33 bits per heavy atom. The van der Waals surface area contributed by atoms with Gasteiger partial charge >= 0.3 is 0 Å². The Bertz CT molecular complexity index is 125. The molecule has 0 aliphatic heterocycles. The van der Waals surface area contributed by atoms with E-state index >= 15 is 0 Å². The van der Waals surface area contributed by atoms with Gasteiger partial charge in [0.2, 0.25) is 0 Å². The van der Waals surface area contributed by atoms with Crippen LogP contribution in [0.15, 0.2) is 0 Å². The Morgan fingerprint density at radius 1 is 0.917 bits per heavy atom. The molecule has 0 saturated carbocycles. The Hall–Kier alpha value is 0.0569. The van der Waals surface area contributed by atoms with Crippen molar-refractivity contribution in [3.05, 3.63) is 0 Å². The summed E-state index contributed by atoms with van der Waals surface area (Å²) in [5.41, 5.74) is -0.0434. The predicted molar refractivity (Wildman–Crippen MR) is 57.1 cm³/mol. The van der Waals surface area contributed by atoms with E-state index in [1.165, 1.54) is 0 Å². The fourth-order valence-corrected chi connectivity index (χ4v) is 2.62. The summed E-state index contributed by atoms with van der Waals surface area (Å²) in [5.74, 6) is -0.228. The minimum absolute atomic E-state index is 0.0434. The maximum Gasteiger partial charge on any atom is 0.134 e. The second kappa shape index (κ2) is 4.34. The fraction of sp³-hybridized carbons (Fsp3) is 1.00. The molecule has 12 heavy (non-hydrogen) atoms. The first-order valence-corrected chi connectivity index (χ1v) is 5.25. The summed E-state index contributed by atoms with van der Waals surface area (Å²) in [4.78, 5) is 3.36. The molecule has 0 aromatic rings. The van der Waals surface area contributed by atoms with Crippen molar-refractivity contribution in [2.24, 2.45) is 0 Å². The Labute approximate surface area is 78.4 Å². The zero-order valence-corrected chi connectivity index (χ0v) is 11.0. The third-order valence-corrected chi connectivity index (χ3v) is 3.44. The van der Waals surface area contributed by atoms with Crippen molar-refractivity contribution >= 4 is 10.4 Å². The minimum atomic E-state index is -0.228. The van der Waals surface area contributed by atoms with Crippen LogP contribution in [-0.2, 0) is 0 Å². The number of nitrogens with one attached hydrogen (secondary N) is 4. The van der Waals surface area contributed by atoms with Crippen LogP contribution in [0.25, 0.3) is 0 Å². The molecule has 0 aliphatic carbocycles. The number of rotatable bonds is 5. The molecular weight excluding hydrogens is 168 g/mol. The van der Waals surface area contributed by atoms with Gasteiger partial charge in [0.25, 0.3) is 0 Å². The van der Waals surface area contributed by atoms with Gasteiger partial charge in [0.15, 0.2) is 0 Å². The molecule has 0 fully saturated rings. The normalized spacial score (nSPS) is 13.8. The molecule has 0 aliphatic rings. The molecule has 0 atom stereocenters. The van der Waals surface area contributed by atoms with E-state index in [2.05, 4.69) is 34.8 Å². The van der Waals surface area contributed by atoms with Gasteiger partial charge in [-0.05, 0) is 35.0 Å². The predicted octanol–water partition coefficient (Wildman–Crippen LogP) is -2.05. The van der Waals surface area contributed by atoms with Crippen LogP contribution < -0.4 is 20.9 Å². The SMILES string of the molecule is CNC(C)(C)C(NC)(NC)N[SiH3]. The Kier molecular flexibility index (Phi) is 4.36. The van der Waals surface area contributed by atoms with E-state index in [0.29, 0.717) is 0 Å². The summed E-state index contributed by atoms with van der Waals surface area (Å²) in [6.07, 6.45) is 0. The van der Waals surface area contributed by atoms with Crippen LogP contribution in [-0.4, -0.2) is 42.9 Å². The first kappa shape index (κ1) is 12.1. The van der Waals surface area contributed by atoms with Gasteiger partial charge in [0, 0.05) is 0 Å². The maximum absolute atomic E-state index is 3.36. The molecule has 0 saturated heterocycles. The van der Waals surface area contributed by atoms with Crippen LogP contribution >= 0.6 is 0 Å². The summed E-state index contributed by atoms with van der Waals surface area (Å²) in [5, 5.41) is 9.78. The molecule has 4 nitrogen and oxygen atoms in total. The average Bonchev–Trinajstić information content (AvgIpc) is 2.08. The van der Waals surface area contributed by atoms with Gasteiger partial charge in [-0.25, -0.2) is 0 Å². The molecular formula is C7H22N4Si. The highest BCUT2D eigenvalue weighted by molar-refractivity contribution is 6.04. The highest BCUT2D eigenvalue weighted by Gasteiger charge is 2.40. The molecule has 5 heteroatoms. The molecule has 0 bridgehead atoms. The van der Waals surface area contributed by atoms with Crippen molar-refractivity contribution in [3.8, 4) is 0 Å². The molecule has 74 valence electrons. The van der Waals surface area contributed by atoms with E-state index in [-0.39, 0.29) is 11.3 Å². The highest BCUT2D eigenvalue weighted by atomic mass is 28.2. The van der Waals surface area contributed by atoms with Crippen molar-refractivity contribution in [2.75, 3.05) is 21.1 Å². The van der Waals surface area contributed by atoms with Crippen LogP contribution in [0.4, 0.5) is 0 Å². The molecule has 0 spiro atoms.